The fraction of sp³-hybridized carbons (Fsp3) is 0.500. The summed E-state index contributed by atoms with van der Waals surface area (Å²) in [6, 6.07) is 7.05. The molecule has 4 nitrogen and oxygen atoms in total. The Balaban J connectivity index is 2.32. The maximum absolute atomic E-state index is 12.1. The van der Waals surface area contributed by atoms with E-state index in [2.05, 4.69) is 10.0 Å². The predicted octanol–water partition coefficient (Wildman–Crippen LogP) is 1.95. The Morgan fingerprint density at radius 1 is 0.941 bits per heavy atom. The van der Waals surface area contributed by atoms with Gasteiger partial charge in [0, 0.05) is 13.1 Å². The third-order valence-electron chi connectivity index (χ3n) is 2.89. The lowest BCUT2D eigenvalue weighted by molar-refractivity contribution is 0.575. The van der Waals surface area contributed by atoms with Gasteiger partial charge < -0.3 is 5.32 Å². The van der Waals surface area contributed by atoms with Crippen LogP contribution in [0.15, 0.2) is 29.2 Å². The van der Waals surface area contributed by atoms with E-state index in [0.717, 1.165) is 32.2 Å². The first-order valence-electron chi connectivity index (χ1n) is 6.03. The van der Waals surface area contributed by atoms with Crippen LogP contribution in [0.5, 0.6) is 0 Å². The Bertz CT molecular complexity index is 471. The molecule has 0 unspecified atom stereocenters. The number of anilines is 1. The Labute approximate surface area is 102 Å². The van der Waals surface area contributed by atoms with Gasteiger partial charge in [0.25, 0.3) is 0 Å². The zero-order valence-electron chi connectivity index (χ0n) is 9.78. The van der Waals surface area contributed by atoms with E-state index < -0.39 is 10.0 Å². The first kappa shape index (κ1) is 12.4. The van der Waals surface area contributed by atoms with Crippen molar-refractivity contribution in [3.05, 3.63) is 24.3 Å². The second-order valence-electron chi connectivity index (χ2n) is 4.23. The third-order valence-corrected chi connectivity index (χ3v) is 4.41. The first-order chi connectivity index (χ1) is 8.20. The second kappa shape index (κ2) is 5.51. The molecule has 0 fully saturated rings. The average molecular weight is 254 g/mol. The van der Waals surface area contributed by atoms with Gasteiger partial charge in [-0.05, 0) is 25.0 Å². The number of hydrogen-bond donors (Lipinski definition) is 2. The summed E-state index contributed by atoms with van der Waals surface area (Å²) in [5.74, 6) is 0. The molecule has 1 aromatic carbocycles. The molecule has 17 heavy (non-hydrogen) atoms. The number of sulfonamides is 1. The van der Waals surface area contributed by atoms with Crippen molar-refractivity contribution in [3.63, 3.8) is 0 Å². The fourth-order valence-electron chi connectivity index (χ4n) is 1.96. The maximum atomic E-state index is 12.1. The summed E-state index contributed by atoms with van der Waals surface area (Å²) in [5.41, 5.74) is 0.696. The molecule has 0 bridgehead atoms. The SMILES string of the molecule is O=S1(=O)NCCCCCCNc2ccccc21. The van der Waals surface area contributed by atoms with Crippen LogP contribution in [0, 0.1) is 0 Å². The van der Waals surface area contributed by atoms with E-state index in [0.29, 0.717) is 17.1 Å². The van der Waals surface area contributed by atoms with Gasteiger partial charge in [0.2, 0.25) is 10.0 Å². The monoisotopic (exact) mass is 254 g/mol. The van der Waals surface area contributed by atoms with Crippen LogP contribution in [0.4, 0.5) is 5.69 Å². The number of para-hydroxylation sites is 1. The van der Waals surface area contributed by atoms with E-state index in [1.807, 2.05) is 12.1 Å². The number of hydrogen-bond acceptors (Lipinski definition) is 3. The number of fused-ring (bicyclic) bond motifs is 1. The van der Waals surface area contributed by atoms with Gasteiger partial charge in [0.15, 0.2) is 0 Å². The van der Waals surface area contributed by atoms with Crippen molar-refractivity contribution >= 4 is 15.7 Å². The van der Waals surface area contributed by atoms with Crippen molar-refractivity contribution in [1.29, 1.82) is 0 Å². The fourth-order valence-corrected chi connectivity index (χ4v) is 3.21. The topological polar surface area (TPSA) is 58.2 Å². The Morgan fingerprint density at radius 2 is 1.65 bits per heavy atom. The lowest BCUT2D eigenvalue weighted by atomic mass is 10.2. The summed E-state index contributed by atoms with van der Waals surface area (Å²) in [7, 11) is -3.37. The lowest BCUT2D eigenvalue weighted by Crippen LogP contribution is -2.25. The molecule has 1 heterocycles. The minimum Gasteiger partial charge on any atom is -0.384 e. The highest BCUT2D eigenvalue weighted by molar-refractivity contribution is 7.89. The largest absolute Gasteiger partial charge is 0.384 e. The molecular weight excluding hydrogens is 236 g/mol. The minimum atomic E-state index is -3.37. The van der Waals surface area contributed by atoms with Crippen LogP contribution in [0.25, 0.3) is 0 Å². The van der Waals surface area contributed by atoms with Crippen LogP contribution in [-0.4, -0.2) is 21.5 Å². The van der Waals surface area contributed by atoms with E-state index in [9.17, 15) is 8.42 Å². The normalized spacial score (nSPS) is 20.7. The van der Waals surface area contributed by atoms with Gasteiger partial charge in [-0.25, -0.2) is 13.1 Å². The van der Waals surface area contributed by atoms with Gasteiger partial charge in [-0.2, -0.15) is 0 Å². The summed E-state index contributed by atoms with van der Waals surface area (Å²) < 4.78 is 26.8. The number of benzene rings is 1. The molecule has 0 spiro atoms. The molecule has 2 N–H and O–H groups in total. The molecule has 0 saturated heterocycles. The average Bonchev–Trinajstić information content (AvgIpc) is 2.35. The summed E-state index contributed by atoms with van der Waals surface area (Å²) >= 11 is 0. The van der Waals surface area contributed by atoms with Gasteiger partial charge in [-0.3, -0.25) is 0 Å². The molecule has 0 atom stereocenters. The molecule has 1 aliphatic rings. The van der Waals surface area contributed by atoms with Gasteiger partial charge in [0.05, 0.1) is 5.69 Å². The molecule has 0 amide bonds. The predicted molar refractivity (Wildman–Crippen MR) is 68.6 cm³/mol. The highest BCUT2D eigenvalue weighted by Crippen LogP contribution is 2.21. The summed E-state index contributed by atoms with van der Waals surface area (Å²) in [5, 5.41) is 3.20. The van der Waals surface area contributed by atoms with Gasteiger partial charge in [-0.15, -0.1) is 0 Å². The van der Waals surface area contributed by atoms with Gasteiger partial charge >= 0.3 is 0 Å². The van der Waals surface area contributed by atoms with Crippen molar-refractivity contribution in [2.24, 2.45) is 0 Å². The van der Waals surface area contributed by atoms with E-state index in [4.69, 9.17) is 0 Å². The maximum Gasteiger partial charge on any atom is 0.242 e. The van der Waals surface area contributed by atoms with E-state index in [1.165, 1.54) is 0 Å². The van der Waals surface area contributed by atoms with Crippen LogP contribution in [0.1, 0.15) is 25.7 Å². The molecular formula is C12H18N2O2S. The quantitative estimate of drug-likeness (QED) is 0.744. The zero-order chi connectivity index (χ0) is 12.1. The zero-order valence-corrected chi connectivity index (χ0v) is 10.6. The Hall–Kier alpha value is -1.07. The van der Waals surface area contributed by atoms with Crippen LogP contribution >= 0.6 is 0 Å². The van der Waals surface area contributed by atoms with E-state index >= 15 is 0 Å². The molecule has 2 rings (SSSR count). The number of nitrogens with one attached hydrogen (secondary N) is 2. The van der Waals surface area contributed by atoms with E-state index in [1.54, 1.807) is 12.1 Å². The van der Waals surface area contributed by atoms with Crippen LogP contribution < -0.4 is 10.0 Å². The highest BCUT2D eigenvalue weighted by atomic mass is 32.2. The van der Waals surface area contributed by atoms with Gasteiger partial charge in [-0.1, -0.05) is 25.0 Å². The molecule has 0 saturated carbocycles. The van der Waals surface area contributed by atoms with Crippen LogP contribution in [-0.2, 0) is 10.0 Å². The highest BCUT2D eigenvalue weighted by Gasteiger charge is 2.17. The minimum absolute atomic E-state index is 0.349. The molecule has 0 aromatic heterocycles. The van der Waals surface area contributed by atoms with Crippen molar-refractivity contribution < 1.29 is 8.42 Å². The lowest BCUT2D eigenvalue weighted by Gasteiger charge is -2.11. The molecule has 1 aromatic rings. The first-order valence-corrected chi connectivity index (χ1v) is 7.51. The Kier molecular flexibility index (Phi) is 4.02. The molecule has 5 heteroatoms. The van der Waals surface area contributed by atoms with Crippen molar-refractivity contribution in [2.75, 3.05) is 18.4 Å². The molecule has 0 radical (unpaired) electrons. The van der Waals surface area contributed by atoms with Crippen molar-refractivity contribution in [2.45, 2.75) is 30.6 Å². The van der Waals surface area contributed by atoms with Crippen molar-refractivity contribution in [1.82, 2.24) is 4.72 Å². The standard InChI is InChI=1S/C12H18N2O2S/c15-17(16)12-8-4-3-7-11(12)13-9-5-1-2-6-10-14-17/h3-4,7-8,13-14H,1-2,5-6,9-10H2. The summed E-state index contributed by atoms with van der Waals surface area (Å²) in [6.45, 7) is 1.35. The molecule has 94 valence electrons. The third kappa shape index (κ3) is 3.20. The summed E-state index contributed by atoms with van der Waals surface area (Å²) in [4.78, 5) is 0.349. The second-order valence-corrected chi connectivity index (χ2v) is 5.97. The Morgan fingerprint density at radius 3 is 2.47 bits per heavy atom. The van der Waals surface area contributed by atoms with Crippen molar-refractivity contribution in [3.8, 4) is 0 Å². The van der Waals surface area contributed by atoms with Crippen LogP contribution in [0.3, 0.4) is 0 Å². The van der Waals surface area contributed by atoms with Gasteiger partial charge in [0.1, 0.15) is 4.90 Å². The molecule has 0 aliphatic carbocycles. The van der Waals surface area contributed by atoms with E-state index in [-0.39, 0.29) is 0 Å². The summed E-state index contributed by atoms with van der Waals surface area (Å²) in [6.07, 6.45) is 4.19. The van der Waals surface area contributed by atoms with Crippen LogP contribution in [0.2, 0.25) is 0 Å². The molecule has 1 aliphatic heterocycles. The number of rotatable bonds is 0. The smallest absolute Gasteiger partial charge is 0.242 e.